The van der Waals surface area contributed by atoms with Crippen molar-refractivity contribution in [1.29, 1.82) is 0 Å². The second kappa shape index (κ2) is 7.81. The van der Waals surface area contributed by atoms with Crippen LogP contribution in [0.3, 0.4) is 0 Å². The van der Waals surface area contributed by atoms with E-state index in [2.05, 4.69) is 26.0 Å². The highest BCUT2D eigenvalue weighted by Crippen LogP contribution is 2.23. The predicted octanol–water partition coefficient (Wildman–Crippen LogP) is 3.70. The van der Waals surface area contributed by atoms with Crippen LogP contribution in [-0.2, 0) is 10.0 Å². The largest absolute Gasteiger partial charge is 0.352 e. The smallest absolute Gasteiger partial charge is 0.261 e. The number of rotatable bonds is 6. The summed E-state index contributed by atoms with van der Waals surface area (Å²) in [6.07, 6.45) is 0.803. The van der Waals surface area contributed by atoms with Crippen molar-refractivity contribution < 1.29 is 13.2 Å². The van der Waals surface area contributed by atoms with Crippen molar-refractivity contribution >= 4 is 37.5 Å². The molecule has 0 fully saturated rings. The van der Waals surface area contributed by atoms with Crippen LogP contribution in [0.15, 0.2) is 51.8 Å². The molecule has 0 aliphatic rings. The Morgan fingerprint density at radius 3 is 2.54 bits per heavy atom. The topological polar surface area (TPSA) is 75.3 Å². The molecule has 0 saturated heterocycles. The van der Waals surface area contributed by atoms with Crippen molar-refractivity contribution in [3.8, 4) is 0 Å². The van der Waals surface area contributed by atoms with Gasteiger partial charge in [-0.3, -0.25) is 9.52 Å². The van der Waals surface area contributed by atoms with E-state index in [0.717, 1.165) is 16.5 Å². The third-order valence-electron chi connectivity index (χ3n) is 3.39. The lowest BCUT2D eigenvalue weighted by atomic mass is 10.1. The minimum Gasteiger partial charge on any atom is -0.352 e. The monoisotopic (exact) mass is 410 g/mol. The molecule has 2 aromatic carbocycles. The van der Waals surface area contributed by atoms with Crippen molar-refractivity contribution in [1.82, 2.24) is 5.32 Å². The highest BCUT2D eigenvalue weighted by atomic mass is 79.9. The van der Waals surface area contributed by atoms with Gasteiger partial charge in [0.2, 0.25) is 0 Å². The van der Waals surface area contributed by atoms with E-state index in [0.29, 0.717) is 12.1 Å². The molecule has 0 unspecified atom stereocenters. The van der Waals surface area contributed by atoms with Gasteiger partial charge in [-0.05, 0) is 49.2 Å². The maximum atomic E-state index is 12.6. The Morgan fingerprint density at radius 2 is 1.88 bits per heavy atom. The molecular weight excluding hydrogens is 392 g/mol. The van der Waals surface area contributed by atoms with Crippen LogP contribution in [-0.4, -0.2) is 20.9 Å². The zero-order valence-corrected chi connectivity index (χ0v) is 15.9. The van der Waals surface area contributed by atoms with E-state index >= 15 is 0 Å². The summed E-state index contributed by atoms with van der Waals surface area (Å²) < 4.78 is 28.5. The van der Waals surface area contributed by atoms with Gasteiger partial charge in [0.05, 0.1) is 16.1 Å². The minimum absolute atomic E-state index is 0.145. The minimum atomic E-state index is -3.78. The van der Waals surface area contributed by atoms with Gasteiger partial charge in [-0.15, -0.1) is 0 Å². The number of hydrogen-bond acceptors (Lipinski definition) is 3. The number of para-hydroxylation sites is 1. The maximum absolute atomic E-state index is 12.6. The zero-order valence-electron chi connectivity index (χ0n) is 13.5. The van der Waals surface area contributed by atoms with E-state index < -0.39 is 10.0 Å². The Labute approximate surface area is 150 Å². The second-order valence-corrected chi connectivity index (χ2v) is 7.85. The molecule has 2 aromatic rings. The van der Waals surface area contributed by atoms with E-state index in [4.69, 9.17) is 0 Å². The first-order chi connectivity index (χ1) is 11.3. The average Bonchev–Trinajstić information content (AvgIpc) is 2.55. The standard InChI is InChI=1S/C17H19BrN2O3S/c1-3-10-19-17(21)14-6-4-5-7-16(14)20-24(22,23)13-8-9-15(18)12(2)11-13/h4-9,11,20H,3,10H2,1-2H3,(H,19,21). The maximum Gasteiger partial charge on any atom is 0.261 e. The molecule has 0 radical (unpaired) electrons. The lowest BCUT2D eigenvalue weighted by Crippen LogP contribution is -2.25. The Morgan fingerprint density at radius 1 is 1.17 bits per heavy atom. The van der Waals surface area contributed by atoms with Gasteiger partial charge in [0.25, 0.3) is 15.9 Å². The number of amides is 1. The highest BCUT2D eigenvalue weighted by Gasteiger charge is 2.19. The number of nitrogens with one attached hydrogen (secondary N) is 2. The van der Waals surface area contributed by atoms with Crippen molar-refractivity contribution in [3.63, 3.8) is 0 Å². The van der Waals surface area contributed by atoms with Gasteiger partial charge < -0.3 is 5.32 Å². The Kier molecular flexibility index (Phi) is 6.01. The molecule has 24 heavy (non-hydrogen) atoms. The Bertz CT molecular complexity index is 851. The summed E-state index contributed by atoms with van der Waals surface area (Å²) in [5, 5.41) is 2.75. The molecule has 0 aliphatic heterocycles. The Balaban J connectivity index is 2.33. The first-order valence-corrected chi connectivity index (χ1v) is 9.79. The van der Waals surface area contributed by atoms with Gasteiger partial charge >= 0.3 is 0 Å². The van der Waals surface area contributed by atoms with Crippen LogP contribution in [0.5, 0.6) is 0 Å². The van der Waals surface area contributed by atoms with E-state index in [1.54, 1.807) is 36.4 Å². The van der Waals surface area contributed by atoms with E-state index in [1.165, 1.54) is 6.07 Å². The SMILES string of the molecule is CCCNC(=O)c1ccccc1NS(=O)(=O)c1ccc(Br)c(C)c1. The van der Waals surface area contributed by atoms with Gasteiger partial charge in [0.1, 0.15) is 0 Å². The molecule has 1 amide bonds. The predicted molar refractivity (Wildman–Crippen MR) is 98.8 cm³/mol. The quantitative estimate of drug-likeness (QED) is 0.761. The lowest BCUT2D eigenvalue weighted by molar-refractivity contribution is 0.0954. The number of halogens is 1. The third-order valence-corrected chi connectivity index (χ3v) is 5.64. The molecule has 2 N–H and O–H groups in total. The summed E-state index contributed by atoms with van der Waals surface area (Å²) >= 11 is 3.35. The average molecular weight is 411 g/mol. The summed E-state index contributed by atoms with van der Waals surface area (Å²) in [7, 11) is -3.78. The van der Waals surface area contributed by atoms with Gasteiger partial charge in [-0.1, -0.05) is 35.0 Å². The summed E-state index contributed by atoms with van der Waals surface area (Å²) in [4.78, 5) is 12.3. The van der Waals surface area contributed by atoms with Crippen LogP contribution in [0.1, 0.15) is 29.3 Å². The molecule has 128 valence electrons. The Hall–Kier alpha value is -1.86. The number of aryl methyl sites for hydroxylation is 1. The van der Waals surface area contributed by atoms with Crippen LogP contribution in [0.25, 0.3) is 0 Å². The number of benzene rings is 2. The van der Waals surface area contributed by atoms with Crippen LogP contribution in [0, 0.1) is 6.92 Å². The first-order valence-electron chi connectivity index (χ1n) is 7.51. The van der Waals surface area contributed by atoms with Gasteiger partial charge in [-0.2, -0.15) is 0 Å². The number of carbonyl (C=O) groups excluding carboxylic acids is 1. The van der Waals surface area contributed by atoms with Crippen LogP contribution in [0.2, 0.25) is 0 Å². The molecule has 0 saturated carbocycles. The third kappa shape index (κ3) is 4.36. The summed E-state index contributed by atoms with van der Waals surface area (Å²) in [5.74, 6) is -0.304. The molecule has 0 atom stereocenters. The van der Waals surface area contributed by atoms with Crippen molar-refractivity contribution in [2.24, 2.45) is 0 Å². The summed E-state index contributed by atoms with van der Waals surface area (Å²) in [5.41, 5.74) is 1.36. The molecular formula is C17H19BrN2O3S. The fourth-order valence-electron chi connectivity index (χ4n) is 2.09. The number of hydrogen-bond donors (Lipinski definition) is 2. The molecule has 5 nitrogen and oxygen atoms in total. The number of carbonyl (C=O) groups is 1. The number of anilines is 1. The van der Waals surface area contributed by atoms with E-state index in [-0.39, 0.29) is 16.5 Å². The van der Waals surface area contributed by atoms with Crippen molar-refractivity contribution in [3.05, 3.63) is 58.1 Å². The second-order valence-electron chi connectivity index (χ2n) is 5.32. The molecule has 2 rings (SSSR count). The van der Waals surface area contributed by atoms with Gasteiger partial charge in [-0.25, -0.2) is 8.42 Å². The number of sulfonamides is 1. The van der Waals surface area contributed by atoms with E-state index in [1.807, 2.05) is 13.8 Å². The molecule has 0 aromatic heterocycles. The fourth-order valence-corrected chi connectivity index (χ4v) is 3.50. The first kappa shape index (κ1) is 18.5. The molecule has 0 bridgehead atoms. The van der Waals surface area contributed by atoms with Crippen molar-refractivity contribution in [2.75, 3.05) is 11.3 Å². The van der Waals surface area contributed by atoms with Crippen LogP contribution < -0.4 is 10.0 Å². The van der Waals surface area contributed by atoms with Crippen molar-refractivity contribution in [2.45, 2.75) is 25.2 Å². The van der Waals surface area contributed by atoms with E-state index in [9.17, 15) is 13.2 Å². The van der Waals surface area contributed by atoms with Crippen LogP contribution >= 0.6 is 15.9 Å². The van der Waals surface area contributed by atoms with Crippen LogP contribution in [0.4, 0.5) is 5.69 Å². The molecule has 0 spiro atoms. The molecule has 0 aliphatic carbocycles. The van der Waals surface area contributed by atoms with Gasteiger partial charge in [0.15, 0.2) is 0 Å². The summed E-state index contributed by atoms with van der Waals surface area (Å²) in [6.45, 7) is 4.30. The molecule has 0 heterocycles. The summed E-state index contributed by atoms with van der Waals surface area (Å²) in [6, 6.07) is 11.3. The lowest BCUT2D eigenvalue weighted by Gasteiger charge is -2.13. The zero-order chi connectivity index (χ0) is 17.7. The highest BCUT2D eigenvalue weighted by molar-refractivity contribution is 9.10. The normalized spacial score (nSPS) is 11.1. The fraction of sp³-hybridized carbons (Fsp3) is 0.235. The van der Waals surface area contributed by atoms with Gasteiger partial charge in [0, 0.05) is 11.0 Å². The molecule has 7 heteroatoms.